The van der Waals surface area contributed by atoms with Crippen LogP contribution in [0.4, 0.5) is 0 Å². The third-order valence-corrected chi connectivity index (χ3v) is 4.36. The monoisotopic (exact) mass is 369 g/mol. The first-order chi connectivity index (χ1) is 13.7. The lowest BCUT2D eigenvalue weighted by Crippen LogP contribution is -2.22. The van der Waals surface area contributed by atoms with Crippen molar-refractivity contribution in [2.75, 3.05) is 7.11 Å². The van der Waals surface area contributed by atoms with Gasteiger partial charge in [-0.05, 0) is 48.0 Å². The summed E-state index contributed by atoms with van der Waals surface area (Å²) >= 11 is 0. The van der Waals surface area contributed by atoms with Crippen molar-refractivity contribution in [1.29, 1.82) is 0 Å². The van der Waals surface area contributed by atoms with Gasteiger partial charge in [0.25, 0.3) is 5.91 Å². The summed E-state index contributed by atoms with van der Waals surface area (Å²) in [4.78, 5) is 20.7. The fraction of sp³-hybridized carbons (Fsp3) is 0.0435. The van der Waals surface area contributed by atoms with Gasteiger partial charge in [0, 0.05) is 5.56 Å². The van der Waals surface area contributed by atoms with Crippen molar-refractivity contribution in [1.82, 2.24) is 15.3 Å². The second-order valence-electron chi connectivity index (χ2n) is 6.25. The topological polar surface area (TPSA) is 67.0 Å². The van der Waals surface area contributed by atoms with Gasteiger partial charge in [0.1, 0.15) is 5.75 Å². The van der Waals surface area contributed by atoms with Gasteiger partial charge in [-0.15, -0.1) is 0 Å². The Hall–Kier alpha value is -3.86. The molecule has 0 radical (unpaired) electrons. The molecule has 0 fully saturated rings. The highest BCUT2D eigenvalue weighted by molar-refractivity contribution is 6.01. The van der Waals surface area contributed by atoms with E-state index in [-0.39, 0.29) is 5.91 Å². The standard InChI is InChI=1S/C23H19N3O2/c1-28-18-13-11-17(12-14-18)23(27)26-21(15-16-7-3-2-4-8-16)22-24-19-9-5-6-10-20(19)25-22/h2-15H,1H3,(H,24,25)(H,26,27)/b21-15-. The predicted molar refractivity (Wildman–Crippen MR) is 111 cm³/mol. The van der Waals surface area contributed by atoms with E-state index in [1.165, 1.54) is 0 Å². The average molecular weight is 369 g/mol. The highest BCUT2D eigenvalue weighted by Gasteiger charge is 2.13. The highest BCUT2D eigenvalue weighted by Crippen LogP contribution is 2.19. The van der Waals surface area contributed by atoms with Crippen molar-refractivity contribution in [2.24, 2.45) is 0 Å². The lowest BCUT2D eigenvalue weighted by atomic mass is 10.1. The average Bonchev–Trinajstić information content (AvgIpc) is 3.18. The van der Waals surface area contributed by atoms with E-state index in [2.05, 4.69) is 15.3 Å². The highest BCUT2D eigenvalue weighted by atomic mass is 16.5. The number of benzene rings is 3. The molecule has 0 bridgehead atoms. The van der Waals surface area contributed by atoms with Crippen LogP contribution in [0.5, 0.6) is 5.75 Å². The Labute approximate surface area is 162 Å². The summed E-state index contributed by atoms with van der Waals surface area (Å²) in [5, 5.41) is 2.98. The van der Waals surface area contributed by atoms with Gasteiger partial charge in [-0.3, -0.25) is 4.79 Å². The number of fused-ring (bicyclic) bond motifs is 1. The zero-order valence-corrected chi connectivity index (χ0v) is 15.3. The molecule has 1 amide bonds. The molecule has 4 rings (SSSR count). The van der Waals surface area contributed by atoms with Crippen LogP contribution in [0.1, 0.15) is 21.7 Å². The van der Waals surface area contributed by atoms with Gasteiger partial charge in [-0.25, -0.2) is 4.98 Å². The molecule has 0 saturated heterocycles. The smallest absolute Gasteiger partial charge is 0.255 e. The minimum absolute atomic E-state index is 0.217. The normalized spacial score (nSPS) is 11.4. The molecular weight excluding hydrogens is 350 g/mol. The van der Waals surface area contributed by atoms with Gasteiger partial charge in [-0.2, -0.15) is 0 Å². The maximum Gasteiger partial charge on any atom is 0.255 e. The number of para-hydroxylation sites is 2. The summed E-state index contributed by atoms with van der Waals surface area (Å²) in [7, 11) is 1.59. The summed E-state index contributed by atoms with van der Waals surface area (Å²) in [6, 6.07) is 24.6. The molecule has 4 aromatic rings. The number of carbonyl (C=O) groups excluding carboxylic acids is 1. The van der Waals surface area contributed by atoms with Gasteiger partial charge in [0.2, 0.25) is 0 Å². The van der Waals surface area contributed by atoms with E-state index in [4.69, 9.17) is 4.74 Å². The van der Waals surface area contributed by atoms with E-state index in [1.54, 1.807) is 31.4 Å². The van der Waals surface area contributed by atoms with Crippen molar-refractivity contribution in [3.8, 4) is 5.75 Å². The van der Waals surface area contributed by atoms with Crippen LogP contribution in [-0.4, -0.2) is 23.0 Å². The van der Waals surface area contributed by atoms with Crippen molar-refractivity contribution >= 4 is 28.7 Å². The van der Waals surface area contributed by atoms with Gasteiger partial charge >= 0.3 is 0 Å². The lowest BCUT2D eigenvalue weighted by Gasteiger charge is -2.09. The van der Waals surface area contributed by atoms with Crippen LogP contribution >= 0.6 is 0 Å². The number of hydrogen-bond acceptors (Lipinski definition) is 3. The van der Waals surface area contributed by atoms with Crippen LogP contribution in [-0.2, 0) is 0 Å². The van der Waals surface area contributed by atoms with E-state index in [9.17, 15) is 4.79 Å². The van der Waals surface area contributed by atoms with Crippen molar-refractivity contribution in [3.63, 3.8) is 0 Å². The number of H-pyrrole nitrogens is 1. The summed E-state index contributed by atoms with van der Waals surface area (Å²) in [5.74, 6) is 1.09. The Morgan fingerprint density at radius 1 is 0.964 bits per heavy atom. The Balaban J connectivity index is 1.70. The molecule has 1 heterocycles. The van der Waals surface area contributed by atoms with Crippen LogP contribution in [0, 0.1) is 0 Å². The fourth-order valence-electron chi connectivity index (χ4n) is 2.90. The maximum atomic E-state index is 12.8. The predicted octanol–water partition coefficient (Wildman–Crippen LogP) is 4.50. The van der Waals surface area contributed by atoms with E-state index in [1.807, 2.05) is 60.7 Å². The number of imidazole rings is 1. The number of methoxy groups -OCH3 is 1. The fourth-order valence-corrected chi connectivity index (χ4v) is 2.90. The number of nitrogens with one attached hydrogen (secondary N) is 2. The number of rotatable bonds is 5. The number of ether oxygens (including phenoxy) is 1. The number of aromatic nitrogens is 2. The largest absolute Gasteiger partial charge is 0.497 e. The van der Waals surface area contributed by atoms with Gasteiger partial charge in [0.05, 0.1) is 23.8 Å². The molecular formula is C23H19N3O2. The number of aromatic amines is 1. The van der Waals surface area contributed by atoms with Crippen molar-refractivity contribution < 1.29 is 9.53 Å². The molecule has 1 aromatic heterocycles. The number of nitrogens with zero attached hydrogens (tertiary/aromatic N) is 1. The molecule has 0 saturated carbocycles. The van der Waals surface area contributed by atoms with Crippen molar-refractivity contribution in [3.05, 3.63) is 95.8 Å². The molecule has 5 nitrogen and oxygen atoms in total. The van der Waals surface area contributed by atoms with Crippen LogP contribution < -0.4 is 10.1 Å². The van der Waals surface area contributed by atoms with E-state index < -0.39 is 0 Å². The Morgan fingerprint density at radius 2 is 1.68 bits per heavy atom. The van der Waals surface area contributed by atoms with E-state index >= 15 is 0 Å². The second kappa shape index (κ2) is 7.80. The first kappa shape index (κ1) is 17.5. The summed E-state index contributed by atoms with van der Waals surface area (Å²) in [5.41, 5.74) is 3.86. The molecule has 3 aromatic carbocycles. The summed E-state index contributed by atoms with van der Waals surface area (Å²) < 4.78 is 5.15. The Kier molecular flexibility index (Phi) is 4.89. The third kappa shape index (κ3) is 3.78. The lowest BCUT2D eigenvalue weighted by molar-refractivity contribution is 0.0973. The van der Waals surface area contributed by atoms with Crippen LogP contribution in [0.2, 0.25) is 0 Å². The number of carbonyl (C=O) groups is 1. The molecule has 0 unspecified atom stereocenters. The second-order valence-corrected chi connectivity index (χ2v) is 6.25. The van der Waals surface area contributed by atoms with E-state index in [0.29, 0.717) is 22.8 Å². The zero-order chi connectivity index (χ0) is 19.3. The SMILES string of the molecule is COc1ccc(C(=O)N/C(=C\c2ccccc2)c2nc3ccccc3[nH]2)cc1. The Bertz CT molecular complexity index is 1100. The minimum atomic E-state index is -0.217. The number of amides is 1. The molecule has 0 aliphatic rings. The molecule has 2 N–H and O–H groups in total. The molecule has 138 valence electrons. The van der Waals surface area contributed by atoms with Crippen LogP contribution in [0.15, 0.2) is 78.9 Å². The summed E-state index contributed by atoms with van der Waals surface area (Å²) in [6.07, 6.45) is 1.90. The van der Waals surface area contributed by atoms with Crippen LogP contribution in [0.3, 0.4) is 0 Å². The first-order valence-corrected chi connectivity index (χ1v) is 8.90. The number of hydrogen-bond donors (Lipinski definition) is 2. The van der Waals surface area contributed by atoms with Gasteiger partial charge in [-0.1, -0.05) is 42.5 Å². The maximum absolute atomic E-state index is 12.8. The van der Waals surface area contributed by atoms with Crippen LogP contribution in [0.25, 0.3) is 22.8 Å². The third-order valence-electron chi connectivity index (χ3n) is 4.36. The molecule has 28 heavy (non-hydrogen) atoms. The summed E-state index contributed by atoms with van der Waals surface area (Å²) in [6.45, 7) is 0. The Morgan fingerprint density at radius 3 is 2.39 bits per heavy atom. The minimum Gasteiger partial charge on any atom is -0.497 e. The zero-order valence-electron chi connectivity index (χ0n) is 15.3. The first-order valence-electron chi connectivity index (χ1n) is 8.90. The van der Waals surface area contributed by atoms with Crippen molar-refractivity contribution in [2.45, 2.75) is 0 Å². The van der Waals surface area contributed by atoms with Gasteiger partial charge in [0.15, 0.2) is 5.82 Å². The molecule has 0 aliphatic heterocycles. The molecule has 0 aliphatic carbocycles. The molecule has 5 heteroatoms. The molecule has 0 spiro atoms. The van der Waals surface area contributed by atoms with E-state index in [0.717, 1.165) is 16.6 Å². The molecule has 0 atom stereocenters. The van der Waals surface area contributed by atoms with Gasteiger partial charge < -0.3 is 15.0 Å². The quantitative estimate of drug-likeness (QED) is 0.544.